The molecule has 0 bridgehead atoms. The summed E-state index contributed by atoms with van der Waals surface area (Å²) >= 11 is 0. The molecule has 0 aliphatic carbocycles. The lowest BCUT2D eigenvalue weighted by Crippen LogP contribution is -2.06. The SMILES string of the molecule is OCCn1cc(NC2OC2c2cccc(-c3ccoc3)n2)c(-c2ccccn2)n1. The van der Waals surface area contributed by atoms with Crippen LogP contribution in [0.5, 0.6) is 0 Å². The van der Waals surface area contributed by atoms with Gasteiger partial charge in [0.05, 0.1) is 48.4 Å². The van der Waals surface area contributed by atoms with Crippen molar-refractivity contribution in [2.24, 2.45) is 0 Å². The van der Waals surface area contributed by atoms with Crippen LogP contribution in [0, 0.1) is 0 Å². The quantitative estimate of drug-likeness (QED) is 0.468. The van der Waals surface area contributed by atoms with Crippen molar-refractivity contribution in [2.75, 3.05) is 11.9 Å². The molecule has 5 heterocycles. The number of ether oxygens (including phenoxy) is 1. The summed E-state index contributed by atoms with van der Waals surface area (Å²) in [5.74, 6) is 0. The Hall–Kier alpha value is -3.49. The maximum absolute atomic E-state index is 9.24. The zero-order valence-electron chi connectivity index (χ0n) is 15.5. The molecule has 5 rings (SSSR count). The molecule has 0 radical (unpaired) electrons. The van der Waals surface area contributed by atoms with Gasteiger partial charge < -0.3 is 19.6 Å². The van der Waals surface area contributed by atoms with Gasteiger partial charge in [-0.15, -0.1) is 0 Å². The lowest BCUT2D eigenvalue weighted by atomic mass is 10.2. The van der Waals surface area contributed by atoms with E-state index in [0.717, 1.165) is 28.3 Å². The highest BCUT2D eigenvalue weighted by Crippen LogP contribution is 2.40. The third kappa shape index (κ3) is 3.63. The van der Waals surface area contributed by atoms with Crippen molar-refractivity contribution in [3.63, 3.8) is 0 Å². The Morgan fingerprint density at radius 3 is 2.83 bits per heavy atom. The predicted molar refractivity (Wildman–Crippen MR) is 106 cm³/mol. The number of hydrogen-bond acceptors (Lipinski definition) is 7. The van der Waals surface area contributed by atoms with Gasteiger partial charge in [-0.1, -0.05) is 12.1 Å². The van der Waals surface area contributed by atoms with Crippen molar-refractivity contribution >= 4 is 5.69 Å². The molecule has 2 unspecified atom stereocenters. The zero-order valence-corrected chi connectivity index (χ0v) is 15.5. The smallest absolute Gasteiger partial charge is 0.161 e. The molecule has 1 saturated heterocycles. The van der Waals surface area contributed by atoms with Crippen LogP contribution in [0.15, 0.2) is 71.8 Å². The van der Waals surface area contributed by atoms with E-state index in [9.17, 15) is 5.11 Å². The van der Waals surface area contributed by atoms with Crippen molar-refractivity contribution < 1.29 is 14.3 Å². The van der Waals surface area contributed by atoms with Crippen LogP contribution in [0.3, 0.4) is 0 Å². The van der Waals surface area contributed by atoms with E-state index in [1.54, 1.807) is 23.4 Å². The maximum atomic E-state index is 9.24. The van der Waals surface area contributed by atoms with Crippen molar-refractivity contribution in [1.29, 1.82) is 0 Å². The van der Waals surface area contributed by atoms with Crippen LogP contribution >= 0.6 is 0 Å². The summed E-state index contributed by atoms with van der Waals surface area (Å²) in [7, 11) is 0. The highest BCUT2D eigenvalue weighted by atomic mass is 16.6. The van der Waals surface area contributed by atoms with E-state index in [0.29, 0.717) is 12.2 Å². The Labute approximate surface area is 166 Å². The molecule has 0 amide bonds. The molecule has 0 spiro atoms. The Kier molecular flexibility index (Phi) is 4.55. The second-order valence-corrected chi connectivity index (χ2v) is 6.67. The topological polar surface area (TPSA) is 102 Å². The second-order valence-electron chi connectivity index (χ2n) is 6.67. The van der Waals surface area contributed by atoms with Gasteiger partial charge in [0.25, 0.3) is 0 Å². The minimum atomic E-state index is -0.212. The summed E-state index contributed by atoms with van der Waals surface area (Å²) < 4.78 is 12.7. The molecule has 0 saturated carbocycles. The van der Waals surface area contributed by atoms with E-state index in [1.165, 1.54) is 0 Å². The second kappa shape index (κ2) is 7.50. The summed E-state index contributed by atoms with van der Waals surface area (Å²) in [6.45, 7) is 0.417. The number of epoxide rings is 1. The number of pyridine rings is 2. The molecule has 8 heteroatoms. The molecule has 8 nitrogen and oxygen atoms in total. The highest BCUT2D eigenvalue weighted by molar-refractivity contribution is 5.71. The fourth-order valence-electron chi connectivity index (χ4n) is 3.22. The predicted octanol–water partition coefficient (Wildman–Crippen LogP) is 3.10. The van der Waals surface area contributed by atoms with Crippen molar-refractivity contribution in [1.82, 2.24) is 19.7 Å². The Morgan fingerprint density at radius 2 is 2.03 bits per heavy atom. The number of hydrogen-bond donors (Lipinski definition) is 2. The van der Waals surface area contributed by atoms with Crippen molar-refractivity contribution in [2.45, 2.75) is 18.9 Å². The molecule has 29 heavy (non-hydrogen) atoms. The molecule has 2 atom stereocenters. The standard InChI is InChI=1S/C21H19N5O3/c27-10-9-26-12-18(19(25-26)16-4-1-2-8-22-16)24-21-20(29-21)17-6-3-5-15(23-17)14-7-11-28-13-14/h1-8,11-13,20-21,24,27H,9-10H2. The molecule has 4 aromatic heterocycles. The van der Waals surface area contributed by atoms with E-state index in [2.05, 4.69) is 15.4 Å². The number of nitrogens with zero attached hydrogens (tertiary/aromatic N) is 4. The first-order valence-corrected chi connectivity index (χ1v) is 9.33. The van der Waals surface area contributed by atoms with Gasteiger partial charge in [-0.25, -0.2) is 4.98 Å². The first-order valence-electron chi connectivity index (χ1n) is 9.33. The Morgan fingerprint density at radius 1 is 1.10 bits per heavy atom. The van der Waals surface area contributed by atoms with Crippen LogP contribution in [-0.4, -0.2) is 37.7 Å². The molecule has 1 fully saturated rings. The molecule has 1 aliphatic rings. The van der Waals surface area contributed by atoms with Gasteiger partial charge in [0.1, 0.15) is 11.8 Å². The van der Waals surface area contributed by atoms with E-state index in [4.69, 9.17) is 14.1 Å². The normalized spacial score (nSPS) is 18.0. The minimum absolute atomic E-state index is 0.00998. The molecule has 1 aliphatic heterocycles. The van der Waals surface area contributed by atoms with Crippen LogP contribution in [0.4, 0.5) is 5.69 Å². The lowest BCUT2D eigenvalue weighted by molar-refractivity contribution is 0.269. The molecule has 2 N–H and O–H groups in total. The Balaban J connectivity index is 1.36. The largest absolute Gasteiger partial charge is 0.472 e. The van der Waals surface area contributed by atoms with Crippen molar-refractivity contribution in [3.8, 4) is 22.6 Å². The van der Waals surface area contributed by atoms with Crippen LogP contribution in [0.2, 0.25) is 0 Å². The monoisotopic (exact) mass is 389 g/mol. The maximum Gasteiger partial charge on any atom is 0.161 e. The number of aliphatic hydroxyl groups is 1. The van der Waals surface area contributed by atoms with Gasteiger partial charge in [0.15, 0.2) is 6.23 Å². The summed E-state index contributed by atoms with van der Waals surface area (Å²) in [4.78, 5) is 9.08. The third-order valence-electron chi connectivity index (χ3n) is 4.67. The minimum Gasteiger partial charge on any atom is -0.472 e. The van der Waals surface area contributed by atoms with E-state index in [1.807, 2.05) is 48.7 Å². The van der Waals surface area contributed by atoms with Gasteiger partial charge in [-0.2, -0.15) is 5.10 Å². The highest BCUT2D eigenvalue weighted by Gasteiger charge is 2.42. The summed E-state index contributed by atoms with van der Waals surface area (Å²) in [6, 6.07) is 13.4. The Bertz CT molecular complexity index is 1090. The van der Waals surface area contributed by atoms with Crippen LogP contribution in [0.25, 0.3) is 22.6 Å². The summed E-state index contributed by atoms with van der Waals surface area (Å²) in [6.07, 6.45) is 6.52. The van der Waals surface area contributed by atoms with Gasteiger partial charge in [0.2, 0.25) is 0 Å². The summed E-state index contributed by atoms with van der Waals surface area (Å²) in [5.41, 5.74) is 4.89. The number of nitrogens with one attached hydrogen (secondary N) is 1. The first-order chi connectivity index (χ1) is 14.3. The van der Waals surface area contributed by atoms with E-state index in [-0.39, 0.29) is 18.9 Å². The number of aliphatic hydroxyl groups excluding tert-OH is 1. The van der Waals surface area contributed by atoms with Gasteiger partial charge in [-0.05, 0) is 30.3 Å². The fraction of sp³-hybridized carbons (Fsp3) is 0.190. The fourth-order valence-corrected chi connectivity index (χ4v) is 3.22. The number of furan rings is 1. The first kappa shape index (κ1) is 17.6. The molecular formula is C21H19N5O3. The average Bonchev–Trinajstić information content (AvgIpc) is 3.14. The van der Waals surface area contributed by atoms with Crippen LogP contribution in [0.1, 0.15) is 11.8 Å². The van der Waals surface area contributed by atoms with Crippen LogP contribution < -0.4 is 5.32 Å². The number of anilines is 1. The van der Waals surface area contributed by atoms with Crippen molar-refractivity contribution in [3.05, 3.63) is 73.1 Å². The molecule has 0 aromatic carbocycles. The van der Waals surface area contributed by atoms with Gasteiger partial charge >= 0.3 is 0 Å². The average molecular weight is 389 g/mol. The number of aromatic nitrogens is 4. The molecule has 146 valence electrons. The molecule has 4 aromatic rings. The van der Waals surface area contributed by atoms with E-state index >= 15 is 0 Å². The van der Waals surface area contributed by atoms with Crippen LogP contribution in [-0.2, 0) is 11.3 Å². The van der Waals surface area contributed by atoms with Gasteiger partial charge in [-0.3, -0.25) is 9.67 Å². The van der Waals surface area contributed by atoms with Gasteiger partial charge in [0, 0.05) is 18.0 Å². The van der Waals surface area contributed by atoms with E-state index < -0.39 is 0 Å². The third-order valence-corrected chi connectivity index (χ3v) is 4.67. The zero-order chi connectivity index (χ0) is 19.6. The number of rotatable bonds is 7. The summed E-state index contributed by atoms with van der Waals surface area (Å²) in [5, 5.41) is 17.2. The molecular weight excluding hydrogens is 370 g/mol. The lowest BCUT2D eigenvalue weighted by Gasteiger charge is -2.03.